The third-order valence-electron chi connectivity index (χ3n) is 3.36. The van der Waals surface area contributed by atoms with Crippen molar-refractivity contribution < 1.29 is 0 Å². The van der Waals surface area contributed by atoms with Crippen molar-refractivity contribution in [1.29, 1.82) is 5.26 Å². The molecule has 2 unspecified atom stereocenters. The molecule has 1 fully saturated rings. The van der Waals surface area contributed by atoms with E-state index in [0.717, 1.165) is 0 Å². The Kier molecular flexibility index (Phi) is 4.05. The van der Waals surface area contributed by atoms with Crippen molar-refractivity contribution in [2.45, 2.75) is 45.2 Å². The van der Waals surface area contributed by atoms with Gasteiger partial charge in [-0.1, -0.05) is 18.0 Å². The van der Waals surface area contributed by atoms with Gasteiger partial charge in [0.2, 0.25) is 0 Å². The van der Waals surface area contributed by atoms with Gasteiger partial charge in [0.05, 0.1) is 11.6 Å². The van der Waals surface area contributed by atoms with Gasteiger partial charge in [-0.3, -0.25) is 0 Å². The maximum absolute atomic E-state index is 8.92. The topological polar surface area (TPSA) is 52.0 Å². The molecule has 0 aromatic carbocycles. The van der Waals surface area contributed by atoms with Gasteiger partial charge in [0.1, 0.15) is 11.0 Å². The summed E-state index contributed by atoms with van der Waals surface area (Å²) in [5, 5.41) is 11.5. The molecule has 1 N–H and O–H groups in total. The van der Waals surface area contributed by atoms with E-state index in [0.29, 0.717) is 28.6 Å². The first-order valence-corrected chi connectivity index (χ1v) is 6.60. The number of nitrogens with zero attached hydrogens (tertiary/aromatic N) is 3. The van der Waals surface area contributed by atoms with Gasteiger partial charge < -0.3 is 5.43 Å². The molecular weight excluding hydrogens is 248 g/mol. The van der Waals surface area contributed by atoms with E-state index in [-0.39, 0.29) is 0 Å². The van der Waals surface area contributed by atoms with Crippen LogP contribution in [0.1, 0.15) is 38.7 Å². The highest BCUT2D eigenvalue weighted by Crippen LogP contribution is 2.23. The van der Waals surface area contributed by atoms with Crippen molar-refractivity contribution in [2.24, 2.45) is 0 Å². The van der Waals surface area contributed by atoms with E-state index in [1.807, 2.05) is 0 Å². The summed E-state index contributed by atoms with van der Waals surface area (Å²) in [6.45, 7) is 4.39. The maximum Gasteiger partial charge on any atom is 0.143 e. The van der Waals surface area contributed by atoms with Crippen LogP contribution in [0.25, 0.3) is 0 Å². The fourth-order valence-corrected chi connectivity index (χ4v) is 2.60. The molecule has 0 bridgehead atoms. The second kappa shape index (κ2) is 5.55. The van der Waals surface area contributed by atoms with E-state index in [2.05, 4.69) is 35.3 Å². The Morgan fingerprint density at radius 2 is 2.06 bits per heavy atom. The molecule has 2 heterocycles. The van der Waals surface area contributed by atoms with Gasteiger partial charge >= 0.3 is 0 Å². The predicted octanol–water partition coefficient (Wildman–Crippen LogP) is 3.20. The molecule has 1 aliphatic heterocycles. The minimum absolute atomic E-state index is 0.342. The Bertz CT molecular complexity index is 459. The molecule has 0 spiro atoms. The van der Waals surface area contributed by atoms with Gasteiger partial charge in [0, 0.05) is 12.1 Å². The highest BCUT2D eigenvalue weighted by Gasteiger charge is 2.25. The molecule has 1 aromatic heterocycles. The van der Waals surface area contributed by atoms with Crippen molar-refractivity contribution in [1.82, 2.24) is 9.99 Å². The zero-order chi connectivity index (χ0) is 13.1. The van der Waals surface area contributed by atoms with Gasteiger partial charge in [-0.15, -0.1) is 0 Å². The first-order chi connectivity index (χ1) is 8.60. The summed E-state index contributed by atoms with van der Waals surface area (Å²) < 4.78 is 0. The number of anilines is 1. The van der Waals surface area contributed by atoms with Crippen LogP contribution in [0, 0.1) is 11.3 Å². The van der Waals surface area contributed by atoms with Gasteiger partial charge in [-0.05, 0) is 38.8 Å². The average Bonchev–Trinajstić information content (AvgIpc) is 2.33. The smallest absolute Gasteiger partial charge is 0.143 e. The highest BCUT2D eigenvalue weighted by atomic mass is 35.5. The largest absolute Gasteiger partial charge is 0.303 e. The Morgan fingerprint density at radius 3 is 2.67 bits per heavy atom. The standard InChI is InChI=1S/C13H17ClN4/c1-9-4-3-5-10(2)18(9)17-13-7-11(8-15)6-12(14)16-13/h6-7,9-10H,3-5H2,1-2H3,(H,16,17). The number of nitrogens with one attached hydrogen (secondary N) is 1. The number of hydrazine groups is 1. The number of piperidine rings is 1. The summed E-state index contributed by atoms with van der Waals surface area (Å²) in [6.07, 6.45) is 3.60. The number of aromatic nitrogens is 1. The molecule has 18 heavy (non-hydrogen) atoms. The fourth-order valence-electron chi connectivity index (χ4n) is 2.39. The Labute approximate surface area is 113 Å². The monoisotopic (exact) mass is 264 g/mol. The van der Waals surface area contributed by atoms with Crippen LogP contribution in [-0.4, -0.2) is 22.1 Å². The zero-order valence-electron chi connectivity index (χ0n) is 10.7. The third kappa shape index (κ3) is 2.92. The van der Waals surface area contributed by atoms with Crippen LogP contribution in [0.4, 0.5) is 5.82 Å². The van der Waals surface area contributed by atoms with Crippen molar-refractivity contribution >= 4 is 17.4 Å². The van der Waals surface area contributed by atoms with Crippen LogP contribution in [0.15, 0.2) is 12.1 Å². The molecule has 0 saturated carbocycles. The van der Waals surface area contributed by atoms with Crippen LogP contribution in [-0.2, 0) is 0 Å². The summed E-state index contributed by atoms with van der Waals surface area (Å²) in [5.74, 6) is 0.639. The van der Waals surface area contributed by atoms with E-state index >= 15 is 0 Å². The van der Waals surface area contributed by atoms with Crippen LogP contribution < -0.4 is 5.43 Å². The predicted molar refractivity (Wildman–Crippen MR) is 72.2 cm³/mol. The number of rotatable bonds is 2. The van der Waals surface area contributed by atoms with Crippen molar-refractivity contribution in [2.75, 3.05) is 5.43 Å². The lowest BCUT2D eigenvalue weighted by atomic mass is 10.00. The zero-order valence-corrected chi connectivity index (χ0v) is 11.4. The first-order valence-electron chi connectivity index (χ1n) is 6.23. The van der Waals surface area contributed by atoms with Crippen LogP contribution in [0.2, 0.25) is 5.15 Å². The van der Waals surface area contributed by atoms with Crippen LogP contribution in [0.3, 0.4) is 0 Å². The van der Waals surface area contributed by atoms with E-state index in [4.69, 9.17) is 16.9 Å². The lowest BCUT2D eigenvalue weighted by Crippen LogP contribution is -2.47. The van der Waals surface area contributed by atoms with Crippen molar-refractivity contribution in [3.8, 4) is 6.07 Å². The number of hydrogen-bond donors (Lipinski definition) is 1. The van der Waals surface area contributed by atoms with E-state index in [1.165, 1.54) is 19.3 Å². The Morgan fingerprint density at radius 1 is 1.39 bits per heavy atom. The quantitative estimate of drug-likeness (QED) is 0.834. The normalized spacial score (nSPS) is 24.6. The minimum Gasteiger partial charge on any atom is -0.303 e. The lowest BCUT2D eigenvalue weighted by molar-refractivity contribution is 0.135. The average molecular weight is 265 g/mol. The molecule has 0 amide bonds. The second-order valence-corrected chi connectivity index (χ2v) is 5.21. The summed E-state index contributed by atoms with van der Waals surface area (Å²) in [5.41, 5.74) is 3.81. The Hall–Kier alpha value is -1.31. The molecule has 5 heteroatoms. The number of hydrogen-bond acceptors (Lipinski definition) is 4. The summed E-state index contributed by atoms with van der Waals surface area (Å²) in [6, 6.07) is 6.29. The number of pyridine rings is 1. The SMILES string of the molecule is CC1CCCC(C)N1Nc1cc(C#N)cc(Cl)n1. The lowest BCUT2D eigenvalue weighted by Gasteiger charge is -2.39. The second-order valence-electron chi connectivity index (χ2n) is 4.82. The molecule has 4 nitrogen and oxygen atoms in total. The molecule has 96 valence electrons. The highest BCUT2D eigenvalue weighted by molar-refractivity contribution is 6.29. The van der Waals surface area contributed by atoms with Crippen LogP contribution >= 0.6 is 11.6 Å². The third-order valence-corrected chi connectivity index (χ3v) is 3.55. The van der Waals surface area contributed by atoms with Gasteiger partial charge in [-0.2, -0.15) is 5.26 Å². The summed E-state index contributed by atoms with van der Waals surface area (Å²) >= 11 is 5.90. The van der Waals surface area contributed by atoms with E-state index in [9.17, 15) is 0 Å². The van der Waals surface area contributed by atoms with Gasteiger partial charge in [0.25, 0.3) is 0 Å². The molecule has 0 aliphatic carbocycles. The fraction of sp³-hybridized carbons (Fsp3) is 0.538. The van der Waals surface area contributed by atoms with Crippen molar-refractivity contribution in [3.63, 3.8) is 0 Å². The van der Waals surface area contributed by atoms with Crippen LogP contribution in [0.5, 0.6) is 0 Å². The molecule has 1 aliphatic rings. The van der Waals surface area contributed by atoms with Gasteiger partial charge in [0.15, 0.2) is 0 Å². The Balaban J connectivity index is 2.17. The molecule has 2 rings (SSSR count). The summed E-state index contributed by atoms with van der Waals surface area (Å²) in [4.78, 5) is 4.21. The molecule has 0 radical (unpaired) electrons. The maximum atomic E-state index is 8.92. The van der Waals surface area contributed by atoms with E-state index < -0.39 is 0 Å². The number of nitriles is 1. The minimum atomic E-state index is 0.342. The molecule has 1 aromatic rings. The van der Waals surface area contributed by atoms with Gasteiger partial charge in [-0.25, -0.2) is 9.99 Å². The van der Waals surface area contributed by atoms with E-state index in [1.54, 1.807) is 12.1 Å². The molecule has 1 saturated heterocycles. The molecular formula is C13H17ClN4. The first kappa shape index (κ1) is 13.1. The number of halogens is 1. The molecule has 2 atom stereocenters. The van der Waals surface area contributed by atoms with Crippen molar-refractivity contribution in [3.05, 3.63) is 22.8 Å². The summed E-state index contributed by atoms with van der Waals surface area (Å²) in [7, 11) is 0.